The molecular weight excluding hydrogens is 472 g/mol. The Morgan fingerprint density at radius 3 is 2.89 bits per heavy atom. The second-order valence-electron chi connectivity index (χ2n) is 8.13. The van der Waals surface area contributed by atoms with E-state index < -0.39 is 11.6 Å². The van der Waals surface area contributed by atoms with Gasteiger partial charge in [0.2, 0.25) is 5.91 Å². The number of hydrogen-bond acceptors (Lipinski definition) is 5. The number of amides is 1. The molecule has 0 aliphatic carbocycles. The maximum absolute atomic E-state index is 14.7. The molecule has 7 nitrogen and oxygen atoms in total. The third-order valence-corrected chi connectivity index (χ3v) is 6.57. The van der Waals surface area contributed by atoms with Gasteiger partial charge in [-0.1, -0.05) is 0 Å². The van der Waals surface area contributed by atoms with Crippen LogP contribution in [0.5, 0.6) is 11.5 Å². The van der Waals surface area contributed by atoms with Crippen LogP contribution >= 0.6 is 11.3 Å². The van der Waals surface area contributed by atoms with E-state index in [1.807, 2.05) is 6.92 Å². The largest absolute Gasteiger partial charge is 0.454 e. The molecule has 0 saturated carbocycles. The van der Waals surface area contributed by atoms with Gasteiger partial charge in [-0.25, -0.2) is 13.8 Å². The van der Waals surface area contributed by atoms with Gasteiger partial charge in [0.25, 0.3) is 0 Å². The molecule has 178 valence electrons. The number of primary amides is 1. The fourth-order valence-electron chi connectivity index (χ4n) is 3.75. The zero-order chi connectivity index (χ0) is 24.5. The van der Waals surface area contributed by atoms with Crippen LogP contribution in [0, 0.1) is 18.6 Å². The Bertz CT molecular complexity index is 1540. The number of H-pyrrole nitrogens is 1. The smallest absolute Gasteiger partial charge is 0.217 e. The van der Waals surface area contributed by atoms with Crippen molar-refractivity contribution in [3.05, 3.63) is 82.1 Å². The van der Waals surface area contributed by atoms with Crippen molar-refractivity contribution in [2.24, 2.45) is 5.73 Å². The molecule has 5 rings (SSSR count). The number of aromatic amines is 1. The van der Waals surface area contributed by atoms with E-state index in [9.17, 15) is 13.6 Å². The first-order chi connectivity index (χ1) is 16.9. The van der Waals surface area contributed by atoms with E-state index in [-0.39, 0.29) is 23.6 Å². The Morgan fingerprint density at radius 2 is 2.06 bits per heavy atom. The summed E-state index contributed by atoms with van der Waals surface area (Å²) < 4.78 is 36.7. The van der Waals surface area contributed by atoms with Crippen molar-refractivity contribution >= 4 is 28.1 Å². The van der Waals surface area contributed by atoms with Gasteiger partial charge in [-0.15, -0.1) is 11.3 Å². The summed E-state index contributed by atoms with van der Waals surface area (Å²) in [6.07, 6.45) is 6.02. The van der Waals surface area contributed by atoms with Gasteiger partial charge in [0.05, 0.1) is 17.2 Å². The number of carbonyl (C=O) groups is 1. The monoisotopic (exact) mass is 493 g/mol. The van der Waals surface area contributed by atoms with Crippen LogP contribution in [0.2, 0.25) is 0 Å². The lowest BCUT2D eigenvalue weighted by Crippen LogP contribution is -2.10. The molecule has 0 bridgehead atoms. The number of hydrogen-bond donors (Lipinski definition) is 2. The predicted molar refractivity (Wildman–Crippen MR) is 129 cm³/mol. The lowest BCUT2D eigenvalue weighted by Gasteiger charge is -2.09. The standard InChI is InChI=1S/C25H21F2N5O2S/c1-14-11-29-22-10-20(27)23(9-17(14)22)34-15-2-3-19(26)18(8-15)21-6-7-32(31-21)13-16-12-30-25(35-16)5-4-24(28)33/h2-3,6-12,29H,4-5,13H2,1H3,(H2,28,33). The van der Waals surface area contributed by atoms with E-state index in [2.05, 4.69) is 15.1 Å². The van der Waals surface area contributed by atoms with Crippen LogP contribution in [-0.2, 0) is 17.8 Å². The molecule has 3 N–H and O–H groups in total. The lowest BCUT2D eigenvalue weighted by atomic mass is 10.1. The van der Waals surface area contributed by atoms with Crippen molar-refractivity contribution in [3.63, 3.8) is 0 Å². The Labute approximate surface area is 203 Å². The molecular formula is C25H21F2N5O2S. The van der Waals surface area contributed by atoms with E-state index in [4.69, 9.17) is 10.5 Å². The van der Waals surface area contributed by atoms with Crippen molar-refractivity contribution < 1.29 is 18.3 Å². The number of halogens is 2. The second kappa shape index (κ2) is 9.30. The molecule has 35 heavy (non-hydrogen) atoms. The van der Waals surface area contributed by atoms with Crippen molar-refractivity contribution in [1.82, 2.24) is 19.7 Å². The summed E-state index contributed by atoms with van der Waals surface area (Å²) >= 11 is 1.47. The van der Waals surface area contributed by atoms with E-state index in [0.29, 0.717) is 29.9 Å². The lowest BCUT2D eigenvalue weighted by molar-refractivity contribution is -0.117. The summed E-state index contributed by atoms with van der Waals surface area (Å²) in [7, 11) is 0. The number of nitrogens with two attached hydrogens (primary N) is 1. The predicted octanol–water partition coefficient (Wildman–Crippen LogP) is 5.33. The van der Waals surface area contributed by atoms with Crippen LogP contribution in [0.4, 0.5) is 8.78 Å². The molecule has 0 atom stereocenters. The van der Waals surface area contributed by atoms with E-state index in [0.717, 1.165) is 20.8 Å². The highest BCUT2D eigenvalue weighted by Gasteiger charge is 2.14. The molecule has 3 aromatic heterocycles. The number of nitrogens with one attached hydrogen (secondary N) is 1. The van der Waals surface area contributed by atoms with Crippen molar-refractivity contribution in [2.45, 2.75) is 26.3 Å². The number of nitrogens with zero attached hydrogens (tertiary/aromatic N) is 3. The molecule has 10 heteroatoms. The molecule has 0 aliphatic rings. The summed E-state index contributed by atoms with van der Waals surface area (Å²) in [5, 5.41) is 6.15. The maximum Gasteiger partial charge on any atom is 0.217 e. The Morgan fingerprint density at radius 1 is 1.20 bits per heavy atom. The van der Waals surface area contributed by atoms with Gasteiger partial charge >= 0.3 is 0 Å². The highest BCUT2D eigenvalue weighted by Crippen LogP contribution is 2.33. The summed E-state index contributed by atoms with van der Waals surface area (Å²) in [5.41, 5.74) is 7.50. The fraction of sp³-hybridized carbons (Fsp3) is 0.160. The number of ether oxygens (including phenoxy) is 1. The van der Waals surface area contributed by atoms with E-state index >= 15 is 0 Å². The number of rotatable bonds is 8. The third-order valence-electron chi connectivity index (χ3n) is 5.53. The minimum Gasteiger partial charge on any atom is -0.454 e. The number of fused-ring (bicyclic) bond motifs is 1. The first-order valence-corrected chi connectivity index (χ1v) is 11.7. The van der Waals surface area contributed by atoms with Crippen LogP contribution in [0.15, 0.2) is 55.0 Å². The van der Waals surface area contributed by atoms with Crippen LogP contribution in [0.1, 0.15) is 21.9 Å². The number of carbonyl (C=O) groups excluding carboxylic acids is 1. The second-order valence-corrected chi connectivity index (χ2v) is 9.33. The van der Waals surface area contributed by atoms with Crippen molar-refractivity contribution in [3.8, 4) is 22.8 Å². The van der Waals surface area contributed by atoms with Crippen molar-refractivity contribution in [2.75, 3.05) is 0 Å². The molecule has 0 saturated heterocycles. The first-order valence-electron chi connectivity index (χ1n) is 10.9. The topological polar surface area (TPSA) is 98.8 Å². The average molecular weight is 494 g/mol. The van der Waals surface area contributed by atoms with Crippen LogP contribution in [-0.4, -0.2) is 25.7 Å². The molecule has 0 unspecified atom stereocenters. The van der Waals surface area contributed by atoms with Gasteiger partial charge in [-0.2, -0.15) is 5.10 Å². The van der Waals surface area contributed by atoms with Gasteiger partial charge in [0, 0.05) is 58.8 Å². The van der Waals surface area contributed by atoms with Gasteiger partial charge in [0.1, 0.15) is 11.6 Å². The van der Waals surface area contributed by atoms with Crippen LogP contribution in [0.25, 0.3) is 22.2 Å². The average Bonchev–Trinajstić information content (AvgIpc) is 3.56. The molecule has 1 amide bonds. The molecule has 0 radical (unpaired) electrons. The van der Waals surface area contributed by atoms with Crippen molar-refractivity contribution in [1.29, 1.82) is 0 Å². The molecule has 3 heterocycles. The molecule has 0 aliphatic heterocycles. The zero-order valence-corrected chi connectivity index (χ0v) is 19.5. The summed E-state index contributed by atoms with van der Waals surface area (Å²) in [6.45, 7) is 2.37. The minimum absolute atomic E-state index is 0.0561. The highest BCUT2D eigenvalue weighted by atomic mass is 32.1. The molecule has 2 aromatic carbocycles. The summed E-state index contributed by atoms with van der Waals surface area (Å²) in [6, 6.07) is 8.94. The first kappa shape index (κ1) is 22.7. The zero-order valence-electron chi connectivity index (χ0n) is 18.7. The number of benzene rings is 2. The molecule has 5 aromatic rings. The number of thiazole rings is 1. The van der Waals surface area contributed by atoms with E-state index in [1.54, 1.807) is 35.4 Å². The summed E-state index contributed by atoms with van der Waals surface area (Å²) in [5.74, 6) is -1.00. The SMILES string of the molecule is Cc1c[nH]c2cc(F)c(Oc3ccc(F)c(-c4ccn(Cc5cnc(CCC(N)=O)s5)n4)c3)cc12. The Hall–Kier alpha value is -4.05. The third kappa shape index (κ3) is 4.92. The van der Waals surface area contributed by atoms with Gasteiger partial charge in [-0.05, 0) is 42.8 Å². The van der Waals surface area contributed by atoms with Gasteiger partial charge < -0.3 is 15.5 Å². The fourth-order valence-corrected chi connectivity index (χ4v) is 4.67. The maximum atomic E-state index is 14.7. The normalized spacial score (nSPS) is 11.3. The Kier molecular flexibility index (Phi) is 6.04. The van der Waals surface area contributed by atoms with Gasteiger partial charge in [0.15, 0.2) is 11.6 Å². The minimum atomic E-state index is -0.519. The van der Waals surface area contributed by atoms with Gasteiger partial charge in [-0.3, -0.25) is 9.48 Å². The Balaban J connectivity index is 1.35. The summed E-state index contributed by atoms with van der Waals surface area (Å²) in [4.78, 5) is 19.2. The van der Waals surface area contributed by atoms with Crippen LogP contribution < -0.4 is 10.5 Å². The van der Waals surface area contributed by atoms with E-state index in [1.165, 1.54) is 35.6 Å². The van der Waals surface area contributed by atoms with Crippen LogP contribution in [0.3, 0.4) is 0 Å². The molecule has 0 spiro atoms. The highest BCUT2D eigenvalue weighted by molar-refractivity contribution is 7.11. The quantitative estimate of drug-likeness (QED) is 0.305. The molecule has 0 fully saturated rings. The number of aryl methyl sites for hydroxylation is 2. The number of aromatic nitrogens is 4.